The molecule has 0 aliphatic carbocycles. The van der Waals surface area contributed by atoms with Crippen LogP contribution in [0, 0.1) is 5.92 Å². The highest BCUT2D eigenvalue weighted by molar-refractivity contribution is 9.11. The highest BCUT2D eigenvalue weighted by Gasteiger charge is 2.29. The fourth-order valence-corrected chi connectivity index (χ4v) is 2.99. The summed E-state index contributed by atoms with van der Waals surface area (Å²) in [5.41, 5.74) is 0.967. The summed E-state index contributed by atoms with van der Waals surface area (Å²) in [6, 6.07) is 1.93. The van der Waals surface area contributed by atoms with Crippen LogP contribution < -0.4 is 0 Å². The van der Waals surface area contributed by atoms with Crippen LogP contribution in [0.15, 0.2) is 21.3 Å². The van der Waals surface area contributed by atoms with Gasteiger partial charge in [0.25, 0.3) is 0 Å². The second-order valence-corrected chi connectivity index (χ2v) is 6.42. The van der Waals surface area contributed by atoms with Gasteiger partial charge in [0.15, 0.2) is 0 Å². The number of carboxylic acids is 1. The fraction of sp³-hybridized carbons (Fsp3) is 0.333. The van der Waals surface area contributed by atoms with Crippen molar-refractivity contribution in [1.29, 1.82) is 0 Å². The third-order valence-electron chi connectivity index (χ3n) is 2.86. The van der Waals surface area contributed by atoms with E-state index in [4.69, 9.17) is 5.11 Å². The second kappa shape index (κ2) is 5.67. The Balaban J connectivity index is 1.93. The summed E-state index contributed by atoms with van der Waals surface area (Å²) in [6.07, 6.45) is 3.79. The minimum absolute atomic E-state index is 0.124. The van der Waals surface area contributed by atoms with Crippen molar-refractivity contribution >= 4 is 45.2 Å². The standard InChI is InChI=1S/C12H12BrNO3S/c13-10-5-8(7-18-10)1-2-11(15)14-4-3-9(6-14)12(16)17/h1-2,5,7,9H,3-4,6H2,(H,16,17). The number of halogens is 1. The average molecular weight is 330 g/mol. The van der Waals surface area contributed by atoms with E-state index < -0.39 is 11.9 Å². The van der Waals surface area contributed by atoms with Gasteiger partial charge in [-0.3, -0.25) is 9.59 Å². The van der Waals surface area contributed by atoms with Crippen LogP contribution in [-0.4, -0.2) is 35.0 Å². The van der Waals surface area contributed by atoms with E-state index in [2.05, 4.69) is 15.9 Å². The van der Waals surface area contributed by atoms with Crippen LogP contribution >= 0.6 is 27.3 Å². The molecule has 1 aromatic rings. The highest BCUT2D eigenvalue weighted by atomic mass is 79.9. The fourth-order valence-electron chi connectivity index (χ4n) is 1.85. The number of carbonyl (C=O) groups excluding carboxylic acids is 1. The summed E-state index contributed by atoms with van der Waals surface area (Å²) in [4.78, 5) is 24.2. The maximum absolute atomic E-state index is 11.8. The molecule has 1 saturated heterocycles. The van der Waals surface area contributed by atoms with Crippen LogP contribution in [-0.2, 0) is 9.59 Å². The Kier molecular flexibility index (Phi) is 4.19. The maximum Gasteiger partial charge on any atom is 0.308 e. The first-order chi connectivity index (χ1) is 8.56. The number of likely N-dealkylation sites (tertiary alicyclic amines) is 1. The van der Waals surface area contributed by atoms with Crippen LogP contribution in [0.3, 0.4) is 0 Å². The molecule has 1 fully saturated rings. The monoisotopic (exact) mass is 329 g/mol. The predicted octanol–water partition coefficient (Wildman–Crippen LogP) is 2.46. The van der Waals surface area contributed by atoms with E-state index >= 15 is 0 Å². The van der Waals surface area contributed by atoms with Crippen molar-refractivity contribution in [2.45, 2.75) is 6.42 Å². The molecule has 1 aromatic heterocycles. The van der Waals surface area contributed by atoms with Gasteiger partial charge in [-0.15, -0.1) is 11.3 Å². The van der Waals surface area contributed by atoms with Crippen molar-refractivity contribution < 1.29 is 14.7 Å². The molecule has 18 heavy (non-hydrogen) atoms. The largest absolute Gasteiger partial charge is 0.481 e. The van der Waals surface area contributed by atoms with Crippen molar-refractivity contribution in [2.75, 3.05) is 13.1 Å². The Hall–Kier alpha value is -1.14. The molecule has 96 valence electrons. The Bertz CT molecular complexity index is 497. The number of thiophene rings is 1. The van der Waals surface area contributed by atoms with Gasteiger partial charge in [-0.1, -0.05) is 0 Å². The molecule has 1 N–H and O–H groups in total. The first kappa shape index (κ1) is 13.3. The molecule has 0 radical (unpaired) electrons. The van der Waals surface area contributed by atoms with Gasteiger partial charge in [0.2, 0.25) is 5.91 Å². The lowest BCUT2D eigenvalue weighted by molar-refractivity contribution is -0.141. The Morgan fingerprint density at radius 3 is 2.89 bits per heavy atom. The molecule has 1 atom stereocenters. The number of rotatable bonds is 3. The smallest absolute Gasteiger partial charge is 0.308 e. The molecule has 0 spiro atoms. The summed E-state index contributed by atoms with van der Waals surface area (Å²) >= 11 is 4.91. The lowest BCUT2D eigenvalue weighted by Gasteiger charge is -2.12. The van der Waals surface area contributed by atoms with Crippen molar-refractivity contribution in [3.63, 3.8) is 0 Å². The third-order valence-corrected chi connectivity index (χ3v) is 4.38. The van der Waals surface area contributed by atoms with E-state index in [0.29, 0.717) is 19.5 Å². The van der Waals surface area contributed by atoms with Gasteiger partial charge in [-0.05, 0) is 45.4 Å². The van der Waals surface area contributed by atoms with Gasteiger partial charge < -0.3 is 10.0 Å². The van der Waals surface area contributed by atoms with Crippen LogP contribution in [0.4, 0.5) is 0 Å². The van der Waals surface area contributed by atoms with Gasteiger partial charge in [0.1, 0.15) is 0 Å². The minimum Gasteiger partial charge on any atom is -0.481 e. The average Bonchev–Trinajstić information content (AvgIpc) is 2.94. The summed E-state index contributed by atoms with van der Waals surface area (Å²) in [7, 11) is 0. The molecule has 0 saturated carbocycles. The van der Waals surface area contributed by atoms with E-state index in [1.54, 1.807) is 22.3 Å². The van der Waals surface area contributed by atoms with Gasteiger partial charge in [0.05, 0.1) is 9.70 Å². The summed E-state index contributed by atoms with van der Waals surface area (Å²) in [6.45, 7) is 0.833. The number of aliphatic carboxylic acids is 1. The first-order valence-electron chi connectivity index (χ1n) is 5.50. The molecular weight excluding hydrogens is 318 g/mol. The van der Waals surface area contributed by atoms with E-state index in [-0.39, 0.29) is 5.91 Å². The van der Waals surface area contributed by atoms with Gasteiger partial charge >= 0.3 is 5.97 Å². The molecule has 0 bridgehead atoms. The zero-order chi connectivity index (χ0) is 13.1. The highest BCUT2D eigenvalue weighted by Crippen LogP contribution is 2.22. The molecule has 6 heteroatoms. The van der Waals surface area contributed by atoms with E-state index in [1.165, 1.54) is 6.08 Å². The molecule has 0 aromatic carbocycles. The molecule has 1 amide bonds. The Labute approximate surface area is 117 Å². The number of carboxylic acid groups (broad SMARTS) is 1. The van der Waals surface area contributed by atoms with Crippen molar-refractivity contribution in [3.8, 4) is 0 Å². The first-order valence-corrected chi connectivity index (χ1v) is 7.17. The van der Waals surface area contributed by atoms with Crippen LogP contribution in [0.2, 0.25) is 0 Å². The predicted molar refractivity (Wildman–Crippen MR) is 73.4 cm³/mol. The molecule has 1 aliphatic heterocycles. The van der Waals surface area contributed by atoms with Gasteiger partial charge in [-0.2, -0.15) is 0 Å². The molecular formula is C12H12BrNO3S. The quantitative estimate of drug-likeness (QED) is 0.866. The minimum atomic E-state index is -0.823. The van der Waals surface area contributed by atoms with E-state index in [1.807, 2.05) is 11.4 Å². The third kappa shape index (κ3) is 3.20. The zero-order valence-electron chi connectivity index (χ0n) is 9.51. The number of carbonyl (C=O) groups is 2. The van der Waals surface area contributed by atoms with E-state index in [9.17, 15) is 9.59 Å². The molecule has 1 aliphatic rings. The molecule has 1 unspecified atom stereocenters. The lowest BCUT2D eigenvalue weighted by Crippen LogP contribution is -2.28. The van der Waals surface area contributed by atoms with Crippen molar-refractivity contribution in [2.24, 2.45) is 5.92 Å². The topological polar surface area (TPSA) is 57.6 Å². The number of hydrogen-bond acceptors (Lipinski definition) is 3. The normalized spacial score (nSPS) is 19.6. The Morgan fingerprint density at radius 1 is 1.56 bits per heavy atom. The van der Waals surface area contributed by atoms with Crippen molar-refractivity contribution in [3.05, 3.63) is 26.9 Å². The van der Waals surface area contributed by atoms with Gasteiger partial charge in [-0.25, -0.2) is 0 Å². The Morgan fingerprint density at radius 2 is 2.33 bits per heavy atom. The van der Waals surface area contributed by atoms with Crippen LogP contribution in [0.25, 0.3) is 6.08 Å². The SMILES string of the molecule is O=C(O)C1CCN(C(=O)C=Cc2csc(Br)c2)C1. The summed E-state index contributed by atoms with van der Waals surface area (Å²) in [5, 5.41) is 10.8. The van der Waals surface area contributed by atoms with Crippen LogP contribution in [0.5, 0.6) is 0 Å². The number of hydrogen-bond donors (Lipinski definition) is 1. The number of amides is 1. The zero-order valence-corrected chi connectivity index (χ0v) is 11.9. The number of nitrogens with zero attached hydrogens (tertiary/aromatic N) is 1. The maximum atomic E-state index is 11.8. The summed E-state index contributed by atoms with van der Waals surface area (Å²) in [5.74, 6) is -1.37. The van der Waals surface area contributed by atoms with Crippen molar-refractivity contribution in [1.82, 2.24) is 4.90 Å². The summed E-state index contributed by atoms with van der Waals surface area (Å²) < 4.78 is 1.02. The van der Waals surface area contributed by atoms with E-state index in [0.717, 1.165) is 9.35 Å². The second-order valence-electron chi connectivity index (χ2n) is 4.13. The van der Waals surface area contributed by atoms with Crippen LogP contribution in [0.1, 0.15) is 12.0 Å². The lowest BCUT2D eigenvalue weighted by atomic mass is 10.1. The van der Waals surface area contributed by atoms with Gasteiger partial charge in [0, 0.05) is 19.2 Å². The molecule has 2 heterocycles. The molecule has 4 nitrogen and oxygen atoms in total. The molecule has 2 rings (SSSR count).